The summed E-state index contributed by atoms with van der Waals surface area (Å²) < 4.78 is 9.63. The number of ketones is 1. The van der Waals surface area contributed by atoms with E-state index in [0.717, 1.165) is 5.56 Å². The highest BCUT2D eigenvalue weighted by Gasteiger charge is 2.18. The van der Waals surface area contributed by atoms with Gasteiger partial charge >= 0.3 is 12.1 Å². The minimum Gasteiger partial charge on any atom is -0.464 e. The van der Waals surface area contributed by atoms with Gasteiger partial charge < -0.3 is 14.5 Å². The molecule has 2 N–H and O–H groups in total. The van der Waals surface area contributed by atoms with Gasteiger partial charge in [-0.1, -0.05) is 30.3 Å². The quantitative estimate of drug-likeness (QED) is 0.653. The van der Waals surface area contributed by atoms with Crippen LogP contribution in [0, 0.1) is 0 Å². The summed E-state index contributed by atoms with van der Waals surface area (Å²) in [6.07, 6.45) is -0.741. The highest BCUT2D eigenvalue weighted by molar-refractivity contribution is 6.04. The van der Waals surface area contributed by atoms with Crippen molar-refractivity contribution in [1.29, 1.82) is 0 Å². The Morgan fingerprint density at radius 3 is 2.48 bits per heavy atom. The first-order valence-corrected chi connectivity index (χ1v) is 6.81. The van der Waals surface area contributed by atoms with Crippen molar-refractivity contribution >= 4 is 23.7 Å². The van der Waals surface area contributed by atoms with Crippen LogP contribution in [0.4, 0.5) is 10.6 Å². The Morgan fingerprint density at radius 1 is 1.17 bits per heavy atom. The van der Waals surface area contributed by atoms with E-state index in [2.05, 4.69) is 15.0 Å². The fourth-order valence-electron chi connectivity index (χ4n) is 1.91. The average Bonchev–Trinajstić information content (AvgIpc) is 2.97. The Labute approximate surface area is 132 Å². The molecule has 0 unspecified atom stereocenters. The molecule has 0 aliphatic carbocycles. The van der Waals surface area contributed by atoms with Gasteiger partial charge in [0, 0.05) is 0 Å². The number of aromatic amines is 1. The molecule has 0 atom stereocenters. The molecule has 2 rings (SSSR count). The Bertz CT molecular complexity index is 721. The number of aromatic nitrogens is 1. The van der Waals surface area contributed by atoms with Crippen molar-refractivity contribution in [3.63, 3.8) is 0 Å². The van der Waals surface area contributed by atoms with Gasteiger partial charge in [-0.25, -0.2) is 9.59 Å². The Kier molecular flexibility index (Phi) is 5.14. The van der Waals surface area contributed by atoms with Crippen molar-refractivity contribution in [2.75, 3.05) is 12.4 Å². The first-order chi connectivity index (χ1) is 11.0. The molecule has 0 aliphatic heterocycles. The predicted octanol–water partition coefficient (Wildman–Crippen LogP) is 2.75. The number of methoxy groups -OCH3 is 1. The molecule has 1 aromatic carbocycles. The van der Waals surface area contributed by atoms with E-state index in [1.54, 1.807) is 0 Å². The zero-order valence-corrected chi connectivity index (χ0v) is 12.7. The number of H-pyrrole nitrogens is 1. The fourth-order valence-corrected chi connectivity index (χ4v) is 1.91. The molecule has 0 aliphatic rings. The number of esters is 1. The number of rotatable bonds is 5. The minimum atomic E-state index is -0.741. The van der Waals surface area contributed by atoms with E-state index in [4.69, 9.17) is 4.74 Å². The van der Waals surface area contributed by atoms with Crippen LogP contribution in [0.15, 0.2) is 36.4 Å². The SMILES string of the molecule is COC(=O)c1cc(C(C)=O)c(NC(=O)OCc2ccccc2)[nH]1. The summed E-state index contributed by atoms with van der Waals surface area (Å²) in [5.41, 5.74) is 1.06. The standard InChI is InChI=1S/C16H16N2O5/c1-10(19)12-8-13(15(20)22-2)17-14(12)18-16(21)23-9-11-6-4-3-5-7-11/h3-8,17H,9H2,1-2H3,(H,18,21). The average molecular weight is 316 g/mol. The van der Waals surface area contributed by atoms with Crippen LogP contribution in [-0.4, -0.2) is 29.9 Å². The summed E-state index contributed by atoms with van der Waals surface area (Å²) in [7, 11) is 1.22. The number of Topliss-reactive ketones (excluding diaryl/α,β-unsaturated/α-hetero) is 1. The maximum absolute atomic E-state index is 11.8. The zero-order chi connectivity index (χ0) is 16.8. The van der Waals surface area contributed by atoms with Crippen LogP contribution in [-0.2, 0) is 16.1 Å². The van der Waals surface area contributed by atoms with Crippen molar-refractivity contribution in [3.05, 3.63) is 53.2 Å². The summed E-state index contributed by atoms with van der Waals surface area (Å²) in [4.78, 5) is 37.5. The summed E-state index contributed by atoms with van der Waals surface area (Å²) in [6, 6.07) is 10.5. The molecule has 7 nitrogen and oxygen atoms in total. The smallest absolute Gasteiger partial charge is 0.413 e. The number of benzene rings is 1. The van der Waals surface area contributed by atoms with E-state index in [1.807, 2.05) is 30.3 Å². The molecule has 2 aromatic rings. The van der Waals surface area contributed by atoms with Crippen molar-refractivity contribution in [2.24, 2.45) is 0 Å². The molecule has 7 heteroatoms. The number of ether oxygens (including phenoxy) is 2. The predicted molar refractivity (Wildman–Crippen MR) is 82.4 cm³/mol. The molecule has 0 fully saturated rings. The molecule has 0 spiro atoms. The third kappa shape index (κ3) is 4.19. The number of anilines is 1. The summed E-state index contributed by atoms with van der Waals surface area (Å²) >= 11 is 0. The second kappa shape index (κ2) is 7.26. The van der Waals surface area contributed by atoms with Crippen LogP contribution in [0.2, 0.25) is 0 Å². The second-order valence-corrected chi connectivity index (χ2v) is 4.71. The van der Waals surface area contributed by atoms with Crippen LogP contribution in [0.25, 0.3) is 0 Å². The third-order valence-electron chi connectivity index (χ3n) is 3.04. The lowest BCUT2D eigenvalue weighted by Gasteiger charge is -2.07. The Morgan fingerprint density at radius 2 is 1.87 bits per heavy atom. The molecule has 1 aromatic heterocycles. The summed E-state index contributed by atoms with van der Waals surface area (Å²) in [6.45, 7) is 1.41. The summed E-state index contributed by atoms with van der Waals surface area (Å²) in [5, 5.41) is 2.42. The molecule has 23 heavy (non-hydrogen) atoms. The van der Waals surface area contributed by atoms with Gasteiger partial charge in [0.1, 0.15) is 18.1 Å². The largest absolute Gasteiger partial charge is 0.464 e. The molecule has 0 radical (unpaired) electrons. The summed E-state index contributed by atoms with van der Waals surface area (Å²) in [5.74, 6) is -0.857. The number of carbonyl (C=O) groups is 3. The lowest BCUT2D eigenvalue weighted by molar-refractivity contribution is 0.0594. The minimum absolute atomic E-state index is 0.0658. The van der Waals surface area contributed by atoms with Gasteiger partial charge in [-0.15, -0.1) is 0 Å². The molecule has 1 amide bonds. The van der Waals surface area contributed by atoms with Crippen molar-refractivity contribution in [2.45, 2.75) is 13.5 Å². The van der Waals surface area contributed by atoms with E-state index < -0.39 is 12.1 Å². The molecule has 0 bridgehead atoms. The zero-order valence-electron chi connectivity index (χ0n) is 12.7. The number of nitrogens with one attached hydrogen (secondary N) is 2. The molecular formula is C16H16N2O5. The number of amides is 1. The van der Waals surface area contributed by atoms with Gasteiger partial charge in [0.15, 0.2) is 5.78 Å². The van der Waals surface area contributed by atoms with Crippen LogP contribution >= 0.6 is 0 Å². The topological polar surface area (TPSA) is 97.5 Å². The highest BCUT2D eigenvalue weighted by Crippen LogP contribution is 2.18. The van der Waals surface area contributed by atoms with Crippen molar-refractivity contribution < 1.29 is 23.9 Å². The molecular weight excluding hydrogens is 300 g/mol. The Balaban J connectivity index is 2.06. The molecule has 1 heterocycles. The van der Waals surface area contributed by atoms with Gasteiger partial charge in [-0.05, 0) is 18.6 Å². The number of hydrogen-bond acceptors (Lipinski definition) is 5. The van der Waals surface area contributed by atoms with E-state index in [-0.39, 0.29) is 29.5 Å². The second-order valence-electron chi connectivity index (χ2n) is 4.71. The van der Waals surface area contributed by atoms with Crippen LogP contribution in [0.3, 0.4) is 0 Å². The monoisotopic (exact) mass is 316 g/mol. The van der Waals surface area contributed by atoms with Crippen molar-refractivity contribution in [1.82, 2.24) is 4.98 Å². The third-order valence-corrected chi connectivity index (χ3v) is 3.04. The first kappa shape index (κ1) is 16.3. The van der Waals surface area contributed by atoms with Gasteiger partial charge in [-0.3, -0.25) is 10.1 Å². The molecule has 0 saturated heterocycles. The van der Waals surface area contributed by atoms with Crippen LogP contribution < -0.4 is 5.32 Å². The van der Waals surface area contributed by atoms with E-state index in [0.29, 0.717) is 0 Å². The number of hydrogen-bond donors (Lipinski definition) is 2. The Hall–Kier alpha value is -3.09. The van der Waals surface area contributed by atoms with E-state index in [1.165, 1.54) is 20.1 Å². The van der Waals surface area contributed by atoms with Gasteiger partial charge in [0.2, 0.25) is 0 Å². The van der Waals surface area contributed by atoms with Gasteiger partial charge in [0.05, 0.1) is 12.7 Å². The lowest BCUT2D eigenvalue weighted by atomic mass is 10.2. The van der Waals surface area contributed by atoms with Gasteiger partial charge in [0.25, 0.3) is 0 Å². The fraction of sp³-hybridized carbons (Fsp3) is 0.188. The van der Waals surface area contributed by atoms with Gasteiger partial charge in [-0.2, -0.15) is 0 Å². The first-order valence-electron chi connectivity index (χ1n) is 6.81. The van der Waals surface area contributed by atoms with E-state index in [9.17, 15) is 14.4 Å². The lowest BCUT2D eigenvalue weighted by Crippen LogP contribution is -2.15. The van der Waals surface area contributed by atoms with E-state index >= 15 is 0 Å². The maximum Gasteiger partial charge on any atom is 0.413 e. The normalized spacial score (nSPS) is 10.0. The molecule has 120 valence electrons. The highest BCUT2D eigenvalue weighted by atomic mass is 16.5. The number of carbonyl (C=O) groups excluding carboxylic acids is 3. The van der Waals surface area contributed by atoms with Crippen LogP contribution in [0.5, 0.6) is 0 Å². The molecule has 0 saturated carbocycles. The van der Waals surface area contributed by atoms with Crippen molar-refractivity contribution in [3.8, 4) is 0 Å². The maximum atomic E-state index is 11.8. The van der Waals surface area contributed by atoms with Crippen LogP contribution in [0.1, 0.15) is 33.3 Å².